The van der Waals surface area contributed by atoms with E-state index in [1.165, 1.54) is 8.61 Å². The average Bonchev–Trinajstić information content (AvgIpc) is 3.30. The third-order valence-electron chi connectivity index (χ3n) is 5.34. The summed E-state index contributed by atoms with van der Waals surface area (Å²) < 4.78 is 33.9. The Kier molecular flexibility index (Phi) is 4.85. The summed E-state index contributed by atoms with van der Waals surface area (Å²) >= 11 is 6.01. The molecule has 2 atom stereocenters. The molecular weight excluding hydrogens is 378 g/mol. The van der Waals surface area contributed by atoms with E-state index in [1.807, 2.05) is 24.3 Å². The summed E-state index contributed by atoms with van der Waals surface area (Å²) in [4.78, 5) is 13.8. The SMILES string of the molecule is O=C1O[C@@H]2CN(S(=O)(=O)N3CCCC3)C[C@@H]2N1CCc1cccc(Cl)c1. The second-order valence-electron chi connectivity index (χ2n) is 6.99. The number of benzene rings is 1. The van der Waals surface area contributed by atoms with Gasteiger partial charge in [-0.2, -0.15) is 17.0 Å². The van der Waals surface area contributed by atoms with Gasteiger partial charge < -0.3 is 4.74 Å². The van der Waals surface area contributed by atoms with Gasteiger partial charge in [-0.1, -0.05) is 23.7 Å². The molecule has 0 radical (unpaired) electrons. The summed E-state index contributed by atoms with van der Waals surface area (Å²) in [6.07, 6.45) is 1.71. The minimum absolute atomic E-state index is 0.223. The summed E-state index contributed by atoms with van der Waals surface area (Å²) in [5.74, 6) is 0. The summed E-state index contributed by atoms with van der Waals surface area (Å²) in [5, 5.41) is 0.660. The third-order valence-corrected chi connectivity index (χ3v) is 7.54. The van der Waals surface area contributed by atoms with Crippen LogP contribution in [0.4, 0.5) is 4.79 Å². The Bertz CT molecular complexity index is 797. The zero-order chi connectivity index (χ0) is 18.3. The first-order chi connectivity index (χ1) is 12.4. The Hall–Kier alpha value is -1.35. The van der Waals surface area contributed by atoms with Crippen molar-refractivity contribution in [2.45, 2.75) is 31.4 Å². The molecule has 0 N–H and O–H groups in total. The summed E-state index contributed by atoms with van der Waals surface area (Å²) in [5.41, 5.74) is 1.04. The first-order valence-electron chi connectivity index (χ1n) is 8.92. The number of hydrogen-bond donors (Lipinski definition) is 0. The van der Waals surface area contributed by atoms with Crippen LogP contribution in [0.1, 0.15) is 18.4 Å². The predicted molar refractivity (Wildman–Crippen MR) is 97.2 cm³/mol. The number of rotatable bonds is 5. The molecule has 0 aromatic heterocycles. The molecule has 142 valence electrons. The molecule has 7 nitrogen and oxygen atoms in total. The predicted octanol–water partition coefficient (Wildman–Crippen LogP) is 1.73. The first-order valence-corrected chi connectivity index (χ1v) is 10.7. The van der Waals surface area contributed by atoms with Crippen LogP contribution in [0.15, 0.2) is 24.3 Å². The van der Waals surface area contributed by atoms with Crippen molar-refractivity contribution in [3.63, 3.8) is 0 Å². The summed E-state index contributed by atoms with van der Waals surface area (Å²) in [6, 6.07) is 7.30. The zero-order valence-corrected chi connectivity index (χ0v) is 16.0. The molecule has 1 aromatic rings. The lowest BCUT2D eigenvalue weighted by molar-refractivity contribution is 0.128. The minimum atomic E-state index is -3.46. The standard InChI is InChI=1S/C17H22ClN3O4S/c18-14-5-3-4-13(10-14)6-9-21-15-11-20(12-16(15)25-17(21)22)26(23,24)19-7-1-2-8-19/h3-5,10,15-16H,1-2,6-9,11-12H2/t15-,16+/m0/s1. The van der Waals surface area contributed by atoms with Crippen LogP contribution in [0.25, 0.3) is 0 Å². The molecule has 9 heteroatoms. The van der Waals surface area contributed by atoms with Crippen molar-refractivity contribution in [2.24, 2.45) is 0 Å². The fourth-order valence-electron chi connectivity index (χ4n) is 3.94. The molecule has 0 bridgehead atoms. The van der Waals surface area contributed by atoms with Crippen molar-refractivity contribution in [1.29, 1.82) is 0 Å². The van der Waals surface area contributed by atoms with Gasteiger partial charge in [-0.25, -0.2) is 4.79 Å². The van der Waals surface area contributed by atoms with Gasteiger partial charge in [-0.15, -0.1) is 0 Å². The Morgan fingerprint density at radius 2 is 1.92 bits per heavy atom. The highest BCUT2D eigenvalue weighted by Crippen LogP contribution is 2.30. The molecule has 3 aliphatic heterocycles. The van der Waals surface area contributed by atoms with Crippen molar-refractivity contribution in [3.05, 3.63) is 34.9 Å². The van der Waals surface area contributed by atoms with Crippen LogP contribution in [0.2, 0.25) is 5.02 Å². The maximum Gasteiger partial charge on any atom is 0.410 e. The number of ether oxygens (including phenoxy) is 1. The fraction of sp³-hybridized carbons (Fsp3) is 0.588. The van der Waals surface area contributed by atoms with Gasteiger partial charge in [0.2, 0.25) is 0 Å². The van der Waals surface area contributed by atoms with Gasteiger partial charge in [0.1, 0.15) is 6.10 Å². The maximum absolute atomic E-state index is 12.7. The zero-order valence-electron chi connectivity index (χ0n) is 14.4. The molecule has 4 rings (SSSR count). The van der Waals surface area contributed by atoms with Gasteiger partial charge in [0.15, 0.2) is 0 Å². The third kappa shape index (κ3) is 3.31. The highest BCUT2D eigenvalue weighted by molar-refractivity contribution is 7.86. The lowest BCUT2D eigenvalue weighted by atomic mass is 10.1. The molecule has 3 saturated heterocycles. The van der Waals surface area contributed by atoms with Crippen molar-refractivity contribution in [3.8, 4) is 0 Å². The topological polar surface area (TPSA) is 70.2 Å². The van der Waals surface area contributed by atoms with Crippen molar-refractivity contribution in [1.82, 2.24) is 13.5 Å². The largest absolute Gasteiger partial charge is 0.442 e. The number of nitrogens with zero attached hydrogens (tertiary/aromatic N) is 3. The van der Waals surface area contributed by atoms with E-state index in [0.29, 0.717) is 37.6 Å². The van der Waals surface area contributed by atoms with Gasteiger partial charge >= 0.3 is 6.09 Å². The van der Waals surface area contributed by atoms with Crippen LogP contribution in [0.3, 0.4) is 0 Å². The number of hydrogen-bond acceptors (Lipinski definition) is 4. The molecular formula is C17H22ClN3O4S. The number of carbonyl (C=O) groups is 1. The van der Waals surface area contributed by atoms with E-state index >= 15 is 0 Å². The molecule has 0 aliphatic carbocycles. The normalized spacial score (nSPS) is 27.1. The van der Waals surface area contributed by atoms with Crippen LogP contribution >= 0.6 is 11.6 Å². The summed E-state index contributed by atoms with van der Waals surface area (Å²) in [7, 11) is -3.46. The molecule has 1 aromatic carbocycles. The Morgan fingerprint density at radius 1 is 1.15 bits per heavy atom. The smallest absolute Gasteiger partial charge is 0.410 e. The van der Waals surface area contributed by atoms with E-state index in [1.54, 1.807) is 4.90 Å². The van der Waals surface area contributed by atoms with Gasteiger partial charge in [0.05, 0.1) is 12.6 Å². The first kappa shape index (κ1) is 18.0. The van der Waals surface area contributed by atoms with E-state index in [9.17, 15) is 13.2 Å². The van der Waals surface area contributed by atoms with Crippen molar-refractivity contribution < 1.29 is 17.9 Å². The Balaban J connectivity index is 1.43. The van der Waals surface area contributed by atoms with Gasteiger partial charge in [-0.05, 0) is 37.0 Å². The second kappa shape index (κ2) is 6.99. The molecule has 0 spiro atoms. The molecule has 3 heterocycles. The van der Waals surface area contributed by atoms with Crippen LogP contribution in [0.5, 0.6) is 0 Å². The second-order valence-corrected chi connectivity index (χ2v) is 9.36. The highest BCUT2D eigenvalue weighted by atomic mass is 35.5. The van der Waals surface area contributed by atoms with Crippen LogP contribution in [-0.2, 0) is 21.4 Å². The van der Waals surface area contributed by atoms with Crippen LogP contribution < -0.4 is 0 Å². The molecule has 3 aliphatic rings. The molecule has 0 saturated carbocycles. The molecule has 0 unspecified atom stereocenters. The van der Waals surface area contributed by atoms with E-state index in [-0.39, 0.29) is 24.8 Å². The Morgan fingerprint density at radius 3 is 2.65 bits per heavy atom. The highest BCUT2D eigenvalue weighted by Gasteiger charge is 2.51. The molecule has 26 heavy (non-hydrogen) atoms. The van der Waals surface area contributed by atoms with E-state index in [0.717, 1.165) is 18.4 Å². The van der Waals surface area contributed by atoms with Gasteiger partial charge in [0, 0.05) is 31.2 Å². The van der Waals surface area contributed by atoms with E-state index < -0.39 is 10.2 Å². The van der Waals surface area contributed by atoms with Crippen LogP contribution in [0, 0.1) is 0 Å². The Labute approximate surface area is 158 Å². The average molecular weight is 400 g/mol. The summed E-state index contributed by atoms with van der Waals surface area (Å²) in [6.45, 7) is 2.17. The molecule has 3 fully saturated rings. The van der Waals surface area contributed by atoms with E-state index in [2.05, 4.69) is 0 Å². The fourth-order valence-corrected chi connectivity index (χ4v) is 5.88. The van der Waals surface area contributed by atoms with Gasteiger partial charge in [0.25, 0.3) is 10.2 Å². The lowest BCUT2D eigenvalue weighted by Gasteiger charge is -2.25. The quantitative estimate of drug-likeness (QED) is 0.756. The van der Waals surface area contributed by atoms with Gasteiger partial charge in [-0.3, -0.25) is 4.90 Å². The van der Waals surface area contributed by atoms with E-state index in [4.69, 9.17) is 16.3 Å². The lowest BCUT2D eigenvalue weighted by Crippen LogP contribution is -2.44. The maximum atomic E-state index is 12.7. The number of fused-ring (bicyclic) bond motifs is 1. The minimum Gasteiger partial charge on any atom is -0.442 e. The van der Waals surface area contributed by atoms with Crippen molar-refractivity contribution in [2.75, 3.05) is 32.7 Å². The number of amides is 1. The molecule has 1 amide bonds. The number of carbonyl (C=O) groups excluding carboxylic acids is 1. The van der Waals surface area contributed by atoms with Crippen molar-refractivity contribution >= 4 is 27.9 Å². The van der Waals surface area contributed by atoms with Crippen LogP contribution in [-0.4, -0.2) is 72.9 Å². The monoisotopic (exact) mass is 399 g/mol. The number of halogens is 1.